The number of hydrogen-bond donors (Lipinski definition) is 4. The summed E-state index contributed by atoms with van der Waals surface area (Å²) in [4.78, 5) is 24.9. The topological polar surface area (TPSA) is 126 Å². The Bertz CT molecular complexity index is 1520. The van der Waals surface area contributed by atoms with Crippen LogP contribution in [0.3, 0.4) is 0 Å². The fraction of sp³-hybridized carbons (Fsp3) is 0.364. The van der Waals surface area contributed by atoms with Crippen LogP contribution in [0.15, 0.2) is 60.7 Å². The molecule has 232 valence electrons. The van der Waals surface area contributed by atoms with E-state index in [0.29, 0.717) is 54.1 Å². The summed E-state index contributed by atoms with van der Waals surface area (Å²) in [7, 11) is 0. The summed E-state index contributed by atoms with van der Waals surface area (Å²) in [5.74, 6) is -3.66. The number of rotatable bonds is 11. The van der Waals surface area contributed by atoms with Gasteiger partial charge in [0.25, 0.3) is 11.8 Å². The number of ether oxygens (including phenoxy) is 3. The molecule has 1 saturated carbocycles. The van der Waals surface area contributed by atoms with E-state index in [1.807, 2.05) is 23.5 Å². The van der Waals surface area contributed by atoms with E-state index in [9.17, 15) is 18.4 Å². The summed E-state index contributed by atoms with van der Waals surface area (Å²) < 4.78 is 45.1. The molecular weight excluding hydrogens is 570 g/mol. The van der Waals surface area contributed by atoms with Gasteiger partial charge in [0, 0.05) is 36.9 Å². The minimum absolute atomic E-state index is 0.101. The highest BCUT2D eigenvalue weighted by atomic mass is 19.3. The van der Waals surface area contributed by atoms with Crippen LogP contribution in [0.2, 0.25) is 0 Å². The summed E-state index contributed by atoms with van der Waals surface area (Å²) in [6.07, 6.45) is 4.58. The number of halogens is 2. The van der Waals surface area contributed by atoms with Crippen LogP contribution in [-0.4, -0.2) is 49.2 Å². The Hall–Kier alpha value is -4.51. The molecule has 1 heterocycles. The predicted molar refractivity (Wildman–Crippen MR) is 161 cm³/mol. The van der Waals surface area contributed by atoms with Gasteiger partial charge in [0.15, 0.2) is 11.5 Å². The lowest BCUT2D eigenvalue weighted by atomic mass is 10.0. The van der Waals surface area contributed by atoms with E-state index in [1.54, 1.807) is 49.4 Å². The zero-order valence-electron chi connectivity index (χ0n) is 24.7. The lowest BCUT2D eigenvalue weighted by molar-refractivity contribution is -0.478. The standard InChI is InChI=1S/C33H36F2N4O5/c1-20(37-32(41)33(2,34)35)30(21-10-13-28-29(18-21)43-15-14-42-28)44-26-11-12-27(23(17-26)19-36)38-25-9-5-6-22(16-25)31(40)39-24-7-3-4-8-24/h5-6,9-13,16-20,24,30,36,38H,3-4,7-8,14-15H2,1-2H3,(H,37,41)(H,39,40)/p+1/t20-,30-/m0/s1. The monoisotopic (exact) mass is 607 g/mol. The Morgan fingerprint density at radius 3 is 2.52 bits per heavy atom. The molecule has 2 atom stereocenters. The first-order valence-electron chi connectivity index (χ1n) is 14.8. The molecule has 1 aliphatic carbocycles. The number of nitrogens with one attached hydrogen (secondary N) is 3. The zero-order valence-corrected chi connectivity index (χ0v) is 24.7. The molecule has 2 amide bonds. The summed E-state index contributed by atoms with van der Waals surface area (Å²) in [5, 5.41) is 15.4. The maximum atomic E-state index is 13.7. The van der Waals surface area contributed by atoms with Gasteiger partial charge in [-0.2, -0.15) is 8.78 Å². The molecule has 5 N–H and O–H groups in total. The molecule has 0 saturated heterocycles. The molecule has 0 bridgehead atoms. The zero-order chi connectivity index (χ0) is 31.3. The van der Waals surface area contributed by atoms with Gasteiger partial charge in [-0.1, -0.05) is 25.0 Å². The van der Waals surface area contributed by atoms with Gasteiger partial charge in [0.1, 0.15) is 36.4 Å². The van der Waals surface area contributed by atoms with Crippen molar-refractivity contribution in [1.82, 2.24) is 10.6 Å². The lowest BCUT2D eigenvalue weighted by Crippen LogP contribution is -2.71. The smallest absolute Gasteiger partial charge is 0.321 e. The molecule has 3 aromatic carbocycles. The lowest BCUT2D eigenvalue weighted by Gasteiger charge is -2.28. The Morgan fingerprint density at radius 2 is 1.80 bits per heavy atom. The van der Waals surface area contributed by atoms with Gasteiger partial charge in [-0.15, -0.1) is 0 Å². The van der Waals surface area contributed by atoms with E-state index in [4.69, 9.17) is 19.6 Å². The fourth-order valence-electron chi connectivity index (χ4n) is 5.42. The third kappa shape index (κ3) is 7.52. The van der Waals surface area contributed by atoms with Crippen LogP contribution in [0, 0.1) is 5.41 Å². The second kappa shape index (κ2) is 13.4. The van der Waals surface area contributed by atoms with Crippen LogP contribution in [0.4, 0.5) is 20.2 Å². The second-order valence-corrected chi connectivity index (χ2v) is 11.3. The van der Waals surface area contributed by atoms with Gasteiger partial charge in [-0.3, -0.25) is 14.9 Å². The minimum atomic E-state index is -3.56. The molecule has 3 aromatic rings. The Morgan fingerprint density at radius 1 is 1.05 bits per heavy atom. The van der Waals surface area contributed by atoms with Crippen molar-refractivity contribution in [2.75, 3.05) is 13.2 Å². The number of carbonyl (C=O) groups excluding carboxylic acids is 2. The van der Waals surface area contributed by atoms with E-state index in [0.717, 1.165) is 37.1 Å². The molecule has 5 rings (SSSR count). The van der Waals surface area contributed by atoms with Crippen LogP contribution in [-0.2, 0) is 4.79 Å². The van der Waals surface area contributed by atoms with Gasteiger partial charge in [-0.05, 0) is 61.7 Å². The van der Waals surface area contributed by atoms with Crippen molar-refractivity contribution in [1.29, 1.82) is 5.41 Å². The number of nitrogens with two attached hydrogens (primary N) is 1. The summed E-state index contributed by atoms with van der Waals surface area (Å²) in [6, 6.07) is 17.0. The minimum Gasteiger partial charge on any atom is -0.486 e. The van der Waals surface area contributed by atoms with Crippen LogP contribution < -0.4 is 30.2 Å². The van der Waals surface area contributed by atoms with Crippen LogP contribution in [0.5, 0.6) is 17.2 Å². The summed E-state index contributed by atoms with van der Waals surface area (Å²) in [5.41, 5.74) is 3.22. The molecule has 11 heteroatoms. The van der Waals surface area contributed by atoms with Crippen molar-refractivity contribution in [3.8, 4) is 17.2 Å². The highest BCUT2D eigenvalue weighted by molar-refractivity contribution is 5.95. The van der Waals surface area contributed by atoms with Crippen molar-refractivity contribution in [3.63, 3.8) is 0 Å². The summed E-state index contributed by atoms with van der Waals surface area (Å²) >= 11 is 0. The number of hydrogen-bond acceptors (Lipinski definition) is 6. The number of carbonyl (C=O) groups is 2. The van der Waals surface area contributed by atoms with Gasteiger partial charge >= 0.3 is 5.92 Å². The number of amides is 2. The van der Waals surface area contributed by atoms with Gasteiger partial charge in [-0.25, -0.2) is 0 Å². The van der Waals surface area contributed by atoms with Gasteiger partial charge in [0.2, 0.25) is 0 Å². The maximum Gasteiger partial charge on any atom is 0.321 e. The fourth-order valence-corrected chi connectivity index (χ4v) is 5.42. The normalized spacial score (nSPS) is 16.1. The van der Waals surface area contributed by atoms with E-state index >= 15 is 0 Å². The Balaban J connectivity index is 1.36. The van der Waals surface area contributed by atoms with Crippen LogP contribution in [0.1, 0.15) is 67.1 Å². The van der Waals surface area contributed by atoms with Crippen molar-refractivity contribution in [2.45, 2.75) is 63.6 Å². The average molecular weight is 608 g/mol. The van der Waals surface area contributed by atoms with Gasteiger partial charge < -0.3 is 30.3 Å². The molecule has 44 heavy (non-hydrogen) atoms. The van der Waals surface area contributed by atoms with Crippen LogP contribution in [0.25, 0.3) is 0 Å². The average Bonchev–Trinajstić information content (AvgIpc) is 3.53. The molecule has 0 spiro atoms. The third-order valence-electron chi connectivity index (χ3n) is 7.74. The van der Waals surface area contributed by atoms with Gasteiger partial charge in [0.05, 0.1) is 11.6 Å². The molecule has 2 aliphatic rings. The van der Waals surface area contributed by atoms with E-state index < -0.39 is 24.0 Å². The highest BCUT2D eigenvalue weighted by Crippen LogP contribution is 2.35. The maximum absolute atomic E-state index is 13.7. The molecular formula is C33H37F2N4O5+. The molecule has 1 fully saturated rings. The first-order chi connectivity index (χ1) is 21.1. The van der Waals surface area contributed by atoms with E-state index in [1.165, 1.54) is 6.21 Å². The first kappa shape index (κ1) is 30.9. The molecule has 0 radical (unpaired) electrons. The van der Waals surface area contributed by atoms with Crippen LogP contribution >= 0.6 is 0 Å². The predicted octanol–water partition coefficient (Wildman–Crippen LogP) is 4.93. The van der Waals surface area contributed by atoms with Crippen molar-refractivity contribution >= 4 is 29.4 Å². The highest BCUT2D eigenvalue weighted by Gasteiger charge is 2.35. The Kier molecular flexibility index (Phi) is 9.43. The quantitative estimate of drug-likeness (QED) is 0.182. The first-order valence-corrected chi connectivity index (χ1v) is 14.8. The summed E-state index contributed by atoms with van der Waals surface area (Å²) in [6.45, 7) is 2.90. The SMILES string of the molecule is C[C@H](NC(=O)C(C)(F)F)[C@H](Oc1ccc([NH2+]c2cccc(C(=O)NC3CCCC3)c2)c(C=N)c1)c1ccc2c(c1)OCCO2. The van der Waals surface area contributed by atoms with Crippen molar-refractivity contribution < 1.29 is 37.9 Å². The van der Waals surface area contributed by atoms with E-state index in [2.05, 4.69) is 10.6 Å². The molecule has 9 nitrogen and oxygen atoms in total. The van der Waals surface area contributed by atoms with Crippen molar-refractivity contribution in [2.24, 2.45) is 0 Å². The number of benzene rings is 3. The second-order valence-electron chi connectivity index (χ2n) is 11.3. The number of quaternary nitrogens is 1. The number of fused-ring (bicyclic) bond motifs is 1. The number of alkyl halides is 2. The van der Waals surface area contributed by atoms with Crippen molar-refractivity contribution in [3.05, 3.63) is 77.4 Å². The molecule has 1 aliphatic heterocycles. The Labute approximate surface area is 254 Å². The third-order valence-corrected chi connectivity index (χ3v) is 7.74. The molecule has 0 unspecified atom stereocenters. The largest absolute Gasteiger partial charge is 0.486 e. The molecule has 0 aromatic heterocycles. The van der Waals surface area contributed by atoms with E-state index in [-0.39, 0.29) is 11.9 Å².